The number of anilines is 1. The zero-order chi connectivity index (χ0) is 14.4. The number of nitrogens with zero attached hydrogens (tertiary/aromatic N) is 2. The van der Waals surface area contributed by atoms with E-state index >= 15 is 0 Å². The van der Waals surface area contributed by atoms with Gasteiger partial charge in [0.05, 0.1) is 11.2 Å². The van der Waals surface area contributed by atoms with E-state index in [1.54, 1.807) is 0 Å². The maximum Gasteiger partial charge on any atom is 0.206 e. The lowest BCUT2D eigenvalue weighted by Gasteiger charge is -2.10. The first-order valence-corrected chi connectivity index (χ1v) is 6.67. The summed E-state index contributed by atoms with van der Waals surface area (Å²) in [6.07, 6.45) is 0. The molecule has 0 spiro atoms. The minimum Gasteiger partial charge on any atom is -0.369 e. The van der Waals surface area contributed by atoms with Crippen molar-refractivity contribution in [2.75, 3.05) is 5.73 Å². The van der Waals surface area contributed by atoms with E-state index in [2.05, 4.69) is 20.9 Å². The van der Waals surface area contributed by atoms with Crippen molar-refractivity contribution in [3.63, 3.8) is 0 Å². The van der Waals surface area contributed by atoms with Gasteiger partial charge in [0, 0.05) is 4.47 Å². The molecule has 1 heterocycles. The molecule has 0 amide bonds. The zero-order valence-corrected chi connectivity index (χ0v) is 12.1. The van der Waals surface area contributed by atoms with E-state index in [4.69, 9.17) is 5.73 Å². The summed E-state index contributed by atoms with van der Waals surface area (Å²) in [6.45, 7) is 1.90. The molecular formula is C14H10BrF2N3. The summed E-state index contributed by atoms with van der Waals surface area (Å²) in [5.74, 6) is -1.78. The first-order valence-electron chi connectivity index (χ1n) is 5.87. The Morgan fingerprint density at radius 3 is 2.70 bits per heavy atom. The maximum absolute atomic E-state index is 14.1. The Bertz CT molecular complexity index is 827. The van der Waals surface area contributed by atoms with Crippen LogP contribution in [0.1, 0.15) is 5.56 Å². The molecule has 20 heavy (non-hydrogen) atoms. The third-order valence-electron chi connectivity index (χ3n) is 3.08. The Morgan fingerprint density at radius 1 is 1.20 bits per heavy atom. The Labute approximate surface area is 122 Å². The van der Waals surface area contributed by atoms with Crippen molar-refractivity contribution >= 4 is 32.9 Å². The van der Waals surface area contributed by atoms with Crippen molar-refractivity contribution in [1.29, 1.82) is 0 Å². The number of benzene rings is 2. The molecule has 2 N–H and O–H groups in total. The van der Waals surface area contributed by atoms with E-state index in [9.17, 15) is 8.78 Å². The molecule has 6 heteroatoms. The molecule has 0 aliphatic rings. The molecular weight excluding hydrogens is 328 g/mol. The monoisotopic (exact) mass is 337 g/mol. The highest BCUT2D eigenvalue weighted by molar-refractivity contribution is 9.10. The maximum atomic E-state index is 14.1. The van der Waals surface area contributed by atoms with Gasteiger partial charge in [-0.25, -0.2) is 13.8 Å². The van der Waals surface area contributed by atoms with Gasteiger partial charge in [0.15, 0.2) is 11.6 Å². The van der Waals surface area contributed by atoms with Gasteiger partial charge in [-0.2, -0.15) is 0 Å². The van der Waals surface area contributed by atoms with E-state index in [0.717, 1.165) is 16.1 Å². The molecule has 1 aromatic heterocycles. The van der Waals surface area contributed by atoms with Gasteiger partial charge in [-0.05, 0) is 52.7 Å². The highest BCUT2D eigenvalue weighted by Crippen LogP contribution is 2.31. The summed E-state index contributed by atoms with van der Waals surface area (Å²) in [6, 6.07) is 8.00. The fourth-order valence-electron chi connectivity index (χ4n) is 2.16. The molecule has 0 saturated heterocycles. The normalized spacial score (nSPS) is 11.2. The Kier molecular flexibility index (Phi) is 2.97. The largest absolute Gasteiger partial charge is 0.369 e. The van der Waals surface area contributed by atoms with Crippen molar-refractivity contribution in [3.8, 4) is 5.69 Å². The zero-order valence-electron chi connectivity index (χ0n) is 10.5. The predicted molar refractivity (Wildman–Crippen MR) is 77.8 cm³/mol. The Balaban J connectivity index is 2.44. The van der Waals surface area contributed by atoms with Crippen LogP contribution >= 0.6 is 15.9 Å². The van der Waals surface area contributed by atoms with Crippen LogP contribution in [0.4, 0.5) is 14.7 Å². The van der Waals surface area contributed by atoms with Gasteiger partial charge in [-0.15, -0.1) is 0 Å². The Hall–Kier alpha value is -1.95. The number of nitrogen functional groups attached to an aromatic ring is 1. The van der Waals surface area contributed by atoms with Gasteiger partial charge in [-0.1, -0.05) is 6.07 Å². The van der Waals surface area contributed by atoms with Crippen LogP contribution in [0.25, 0.3) is 16.7 Å². The standard InChI is InChI=1S/C14H10BrF2N3/c1-7-2-3-8(15)11(6-7)20-13-10(19-14(20)18)5-4-9(16)12(13)17/h2-6H,1H3,(H2,18,19). The average molecular weight is 338 g/mol. The minimum atomic E-state index is -0.958. The quantitative estimate of drug-likeness (QED) is 0.730. The topological polar surface area (TPSA) is 43.8 Å². The lowest BCUT2D eigenvalue weighted by Crippen LogP contribution is -2.03. The summed E-state index contributed by atoms with van der Waals surface area (Å²) >= 11 is 3.39. The number of aryl methyl sites for hydroxylation is 1. The summed E-state index contributed by atoms with van der Waals surface area (Å²) in [4.78, 5) is 4.08. The number of imidazole rings is 1. The first-order chi connectivity index (χ1) is 9.49. The number of aromatic nitrogens is 2. The summed E-state index contributed by atoms with van der Waals surface area (Å²) in [5.41, 5.74) is 7.81. The smallest absolute Gasteiger partial charge is 0.206 e. The number of halogens is 3. The second-order valence-corrected chi connectivity index (χ2v) is 5.34. The van der Waals surface area contributed by atoms with Gasteiger partial charge in [0.1, 0.15) is 5.52 Å². The van der Waals surface area contributed by atoms with E-state index in [-0.39, 0.29) is 11.5 Å². The van der Waals surface area contributed by atoms with Crippen LogP contribution < -0.4 is 5.73 Å². The van der Waals surface area contributed by atoms with Crippen LogP contribution in [0.5, 0.6) is 0 Å². The highest BCUT2D eigenvalue weighted by atomic mass is 79.9. The van der Waals surface area contributed by atoms with Crippen molar-refractivity contribution < 1.29 is 8.78 Å². The predicted octanol–water partition coefficient (Wildman–Crippen LogP) is 3.96. The second kappa shape index (κ2) is 4.56. The molecule has 0 bridgehead atoms. The van der Waals surface area contributed by atoms with Gasteiger partial charge in [-0.3, -0.25) is 4.57 Å². The molecule has 3 rings (SSSR count). The first kappa shape index (κ1) is 13.1. The molecule has 0 atom stereocenters. The van der Waals surface area contributed by atoms with Crippen molar-refractivity contribution in [1.82, 2.24) is 9.55 Å². The molecule has 0 aliphatic heterocycles. The summed E-state index contributed by atoms with van der Waals surface area (Å²) in [7, 11) is 0. The minimum absolute atomic E-state index is 0.0359. The number of hydrogen-bond acceptors (Lipinski definition) is 2. The van der Waals surface area contributed by atoms with E-state index in [1.165, 1.54) is 10.6 Å². The SMILES string of the molecule is Cc1ccc(Br)c(-n2c(N)nc3ccc(F)c(F)c32)c1. The number of nitrogens with two attached hydrogens (primary N) is 1. The lowest BCUT2D eigenvalue weighted by atomic mass is 10.2. The molecule has 0 saturated carbocycles. The van der Waals surface area contributed by atoms with Gasteiger partial charge in [0.25, 0.3) is 0 Å². The number of rotatable bonds is 1. The fraction of sp³-hybridized carbons (Fsp3) is 0.0714. The van der Waals surface area contributed by atoms with Crippen LogP contribution in [0.3, 0.4) is 0 Å². The van der Waals surface area contributed by atoms with Crippen LogP contribution in [0.2, 0.25) is 0 Å². The van der Waals surface area contributed by atoms with Crippen molar-refractivity contribution in [3.05, 3.63) is 52.0 Å². The van der Waals surface area contributed by atoms with E-state index in [1.807, 2.05) is 25.1 Å². The third-order valence-corrected chi connectivity index (χ3v) is 3.75. The summed E-state index contributed by atoms with van der Waals surface area (Å²) in [5, 5.41) is 0. The van der Waals surface area contributed by atoms with Crippen LogP contribution in [0, 0.1) is 18.6 Å². The molecule has 0 radical (unpaired) electrons. The number of hydrogen-bond donors (Lipinski definition) is 1. The van der Waals surface area contributed by atoms with Gasteiger partial charge < -0.3 is 5.73 Å². The van der Waals surface area contributed by atoms with Crippen LogP contribution in [-0.2, 0) is 0 Å². The van der Waals surface area contributed by atoms with Gasteiger partial charge in [0.2, 0.25) is 5.95 Å². The van der Waals surface area contributed by atoms with Crippen LogP contribution in [0.15, 0.2) is 34.8 Å². The highest BCUT2D eigenvalue weighted by Gasteiger charge is 2.18. The number of fused-ring (bicyclic) bond motifs is 1. The van der Waals surface area contributed by atoms with E-state index in [0.29, 0.717) is 11.2 Å². The third kappa shape index (κ3) is 1.87. The molecule has 3 aromatic rings. The molecule has 2 aromatic carbocycles. The Morgan fingerprint density at radius 2 is 1.95 bits per heavy atom. The fourth-order valence-corrected chi connectivity index (χ4v) is 2.58. The van der Waals surface area contributed by atoms with E-state index < -0.39 is 11.6 Å². The molecule has 3 nitrogen and oxygen atoms in total. The van der Waals surface area contributed by atoms with Gasteiger partial charge >= 0.3 is 0 Å². The second-order valence-electron chi connectivity index (χ2n) is 4.49. The molecule has 0 fully saturated rings. The molecule has 0 unspecified atom stereocenters. The van der Waals surface area contributed by atoms with Crippen LogP contribution in [-0.4, -0.2) is 9.55 Å². The van der Waals surface area contributed by atoms with Crippen molar-refractivity contribution in [2.45, 2.75) is 6.92 Å². The van der Waals surface area contributed by atoms with Crippen molar-refractivity contribution in [2.24, 2.45) is 0 Å². The molecule has 0 aliphatic carbocycles. The lowest BCUT2D eigenvalue weighted by molar-refractivity contribution is 0.514. The average Bonchev–Trinajstić information content (AvgIpc) is 2.74. The summed E-state index contributed by atoms with van der Waals surface area (Å²) < 4.78 is 29.7. The molecule has 102 valence electrons.